The summed E-state index contributed by atoms with van der Waals surface area (Å²) in [5, 5.41) is 59.4. The minimum Gasteiger partial charge on any atom is -0.488 e. The summed E-state index contributed by atoms with van der Waals surface area (Å²) < 4.78 is 11.2. The lowest BCUT2D eigenvalue weighted by Gasteiger charge is -2.28. The topological polar surface area (TPSA) is 140 Å². The standard InChI is InChI=1S/C23H29ClO8/c24-18-6-3-14(20(27)22(29)23(30)21(28)19(26)11-25)10-15(18)9-13-1-4-16(5-2-13)32-17-7-8-31-12-17/h1-6,10,17,19-23,25-30H,7-9,11-12H2/t17-,19-,20+,21+,22-,23-/m0/s1. The fourth-order valence-corrected chi connectivity index (χ4v) is 3.72. The highest BCUT2D eigenvalue weighted by Crippen LogP contribution is 2.28. The van der Waals surface area contributed by atoms with Gasteiger partial charge >= 0.3 is 0 Å². The Labute approximate surface area is 191 Å². The van der Waals surface area contributed by atoms with Gasteiger partial charge in [0, 0.05) is 11.4 Å². The lowest BCUT2D eigenvalue weighted by Crippen LogP contribution is -2.47. The molecule has 0 aliphatic carbocycles. The highest BCUT2D eigenvalue weighted by molar-refractivity contribution is 6.31. The Bertz CT molecular complexity index is 856. The molecule has 0 saturated carbocycles. The van der Waals surface area contributed by atoms with Crippen molar-refractivity contribution in [1.29, 1.82) is 0 Å². The van der Waals surface area contributed by atoms with Crippen molar-refractivity contribution in [1.82, 2.24) is 0 Å². The smallest absolute Gasteiger partial charge is 0.124 e. The van der Waals surface area contributed by atoms with Crippen LogP contribution in [0.15, 0.2) is 42.5 Å². The zero-order valence-electron chi connectivity index (χ0n) is 17.4. The third-order valence-electron chi connectivity index (χ3n) is 5.52. The molecule has 0 bridgehead atoms. The number of ether oxygens (including phenoxy) is 2. The molecule has 0 amide bonds. The first kappa shape index (κ1) is 24.9. The SMILES string of the molecule is OC[C@H](O)[C@@H](O)[C@H](O)[C@@H](O)[C@H](O)c1ccc(Cl)c(Cc2ccc(O[C@H]3CCOC3)cc2)c1. The van der Waals surface area contributed by atoms with Crippen LogP contribution in [-0.4, -0.2) is 81.0 Å². The van der Waals surface area contributed by atoms with Crippen LogP contribution in [0.5, 0.6) is 5.75 Å². The van der Waals surface area contributed by atoms with Gasteiger partial charge in [0.2, 0.25) is 0 Å². The molecule has 0 aromatic heterocycles. The van der Waals surface area contributed by atoms with Crippen molar-refractivity contribution in [3.8, 4) is 5.75 Å². The van der Waals surface area contributed by atoms with Crippen molar-refractivity contribution in [3.63, 3.8) is 0 Å². The predicted octanol–water partition coefficient (Wildman–Crippen LogP) is 0.568. The van der Waals surface area contributed by atoms with E-state index in [1.54, 1.807) is 12.1 Å². The molecule has 0 unspecified atom stereocenters. The number of aliphatic hydroxyl groups is 6. The van der Waals surface area contributed by atoms with Crippen molar-refractivity contribution in [3.05, 3.63) is 64.2 Å². The fourth-order valence-electron chi connectivity index (χ4n) is 3.54. The number of halogens is 1. The summed E-state index contributed by atoms with van der Waals surface area (Å²) in [5.74, 6) is 0.750. The average Bonchev–Trinajstić information content (AvgIpc) is 3.32. The van der Waals surface area contributed by atoms with Crippen LogP contribution in [0.2, 0.25) is 5.02 Å². The van der Waals surface area contributed by atoms with Crippen LogP contribution in [0.4, 0.5) is 0 Å². The van der Waals surface area contributed by atoms with Gasteiger partial charge in [-0.2, -0.15) is 0 Å². The Morgan fingerprint density at radius 3 is 2.31 bits per heavy atom. The van der Waals surface area contributed by atoms with Crippen molar-refractivity contribution in [2.24, 2.45) is 0 Å². The van der Waals surface area contributed by atoms with Crippen LogP contribution in [0, 0.1) is 0 Å². The van der Waals surface area contributed by atoms with Gasteiger partial charge in [0.25, 0.3) is 0 Å². The van der Waals surface area contributed by atoms with Crippen LogP contribution >= 0.6 is 11.6 Å². The van der Waals surface area contributed by atoms with Crippen molar-refractivity contribution >= 4 is 11.6 Å². The zero-order valence-corrected chi connectivity index (χ0v) is 18.2. The molecule has 2 aromatic carbocycles. The second kappa shape index (κ2) is 11.4. The van der Waals surface area contributed by atoms with Crippen LogP contribution in [0.1, 0.15) is 29.2 Å². The highest BCUT2D eigenvalue weighted by atomic mass is 35.5. The van der Waals surface area contributed by atoms with Gasteiger partial charge in [-0.1, -0.05) is 35.9 Å². The second-order valence-electron chi connectivity index (χ2n) is 7.94. The molecule has 2 aromatic rings. The number of hydrogen-bond acceptors (Lipinski definition) is 8. The predicted molar refractivity (Wildman–Crippen MR) is 117 cm³/mol. The summed E-state index contributed by atoms with van der Waals surface area (Å²) in [4.78, 5) is 0. The van der Waals surface area contributed by atoms with Crippen LogP contribution in [0.3, 0.4) is 0 Å². The van der Waals surface area contributed by atoms with E-state index in [0.29, 0.717) is 30.2 Å². The Balaban J connectivity index is 1.68. The first-order valence-corrected chi connectivity index (χ1v) is 10.8. The maximum Gasteiger partial charge on any atom is 0.124 e. The number of rotatable bonds is 10. The molecule has 1 heterocycles. The molecule has 1 saturated heterocycles. The van der Waals surface area contributed by atoms with Gasteiger partial charge < -0.3 is 40.1 Å². The first-order valence-electron chi connectivity index (χ1n) is 10.4. The molecule has 1 aliphatic heterocycles. The monoisotopic (exact) mass is 468 g/mol. The van der Waals surface area contributed by atoms with E-state index in [4.69, 9.17) is 26.2 Å². The Kier molecular flexibility index (Phi) is 8.87. The van der Waals surface area contributed by atoms with Gasteiger partial charge in [-0.15, -0.1) is 0 Å². The van der Waals surface area contributed by atoms with E-state index >= 15 is 0 Å². The fraction of sp³-hybridized carbons (Fsp3) is 0.478. The van der Waals surface area contributed by atoms with Gasteiger partial charge in [0.1, 0.15) is 42.4 Å². The van der Waals surface area contributed by atoms with E-state index in [1.807, 2.05) is 24.3 Å². The zero-order chi connectivity index (χ0) is 23.3. The van der Waals surface area contributed by atoms with Crippen molar-refractivity contribution < 1.29 is 40.1 Å². The summed E-state index contributed by atoms with van der Waals surface area (Å²) in [6.07, 6.45) is -7.31. The molecular formula is C23H29ClO8. The van der Waals surface area contributed by atoms with Gasteiger partial charge in [0.05, 0.1) is 19.8 Å². The number of aliphatic hydroxyl groups excluding tert-OH is 6. The highest BCUT2D eigenvalue weighted by Gasteiger charge is 2.34. The normalized spacial score (nSPS) is 21.0. The van der Waals surface area contributed by atoms with E-state index in [1.165, 1.54) is 6.07 Å². The molecule has 0 radical (unpaired) electrons. The molecular weight excluding hydrogens is 440 g/mol. The van der Waals surface area contributed by atoms with Crippen LogP contribution < -0.4 is 4.74 Å². The Hall–Kier alpha value is -1.75. The van der Waals surface area contributed by atoms with Crippen LogP contribution in [-0.2, 0) is 11.2 Å². The third-order valence-corrected chi connectivity index (χ3v) is 5.89. The maximum absolute atomic E-state index is 10.5. The molecule has 1 aliphatic rings. The first-order chi connectivity index (χ1) is 15.3. The minimum atomic E-state index is -1.87. The largest absolute Gasteiger partial charge is 0.488 e. The van der Waals surface area contributed by atoms with Crippen molar-refractivity contribution in [2.45, 2.75) is 49.5 Å². The molecule has 32 heavy (non-hydrogen) atoms. The number of hydrogen-bond donors (Lipinski definition) is 6. The summed E-state index contributed by atoms with van der Waals surface area (Å²) in [6, 6.07) is 12.2. The second-order valence-corrected chi connectivity index (χ2v) is 8.35. The summed E-state index contributed by atoms with van der Waals surface area (Å²) in [5.41, 5.74) is 1.93. The molecule has 176 valence electrons. The van der Waals surface area contributed by atoms with Gasteiger partial charge in [-0.25, -0.2) is 0 Å². The lowest BCUT2D eigenvalue weighted by molar-refractivity contribution is -0.141. The summed E-state index contributed by atoms with van der Waals surface area (Å²) >= 11 is 6.32. The van der Waals surface area contributed by atoms with E-state index in [0.717, 1.165) is 17.7 Å². The molecule has 9 heteroatoms. The van der Waals surface area contributed by atoms with E-state index in [9.17, 15) is 25.5 Å². The van der Waals surface area contributed by atoms with E-state index in [2.05, 4.69) is 0 Å². The molecule has 6 N–H and O–H groups in total. The summed E-state index contributed by atoms with van der Waals surface area (Å²) in [6.45, 7) is 0.490. The van der Waals surface area contributed by atoms with Gasteiger partial charge in [0.15, 0.2) is 0 Å². The maximum atomic E-state index is 10.5. The van der Waals surface area contributed by atoms with E-state index < -0.39 is 37.1 Å². The molecule has 6 atom stereocenters. The molecule has 1 fully saturated rings. The summed E-state index contributed by atoms with van der Waals surface area (Å²) in [7, 11) is 0. The lowest BCUT2D eigenvalue weighted by atomic mass is 9.93. The molecule has 3 rings (SSSR count). The van der Waals surface area contributed by atoms with Crippen LogP contribution in [0.25, 0.3) is 0 Å². The minimum absolute atomic E-state index is 0.0623. The Morgan fingerprint density at radius 2 is 1.69 bits per heavy atom. The third kappa shape index (κ3) is 6.18. The molecule has 8 nitrogen and oxygen atoms in total. The van der Waals surface area contributed by atoms with Gasteiger partial charge in [-0.3, -0.25) is 0 Å². The quantitative estimate of drug-likeness (QED) is 0.297. The number of benzene rings is 2. The van der Waals surface area contributed by atoms with Gasteiger partial charge in [-0.05, 0) is 41.3 Å². The van der Waals surface area contributed by atoms with E-state index in [-0.39, 0.29) is 11.7 Å². The molecule has 0 spiro atoms. The van der Waals surface area contributed by atoms with Crippen molar-refractivity contribution in [2.75, 3.05) is 19.8 Å². The Morgan fingerprint density at radius 1 is 0.969 bits per heavy atom. The average molecular weight is 469 g/mol.